The zero-order chi connectivity index (χ0) is 20.8. The molecule has 0 atom stereocenters. The Hall–Kier alpha value is -3.56. The normalized spacial score (nSPS) is 10.8. The first kappa shape index (κ1) is 20.2. The van der Waals surface area contributed by atoms with E-state index in [-0.39, 0.29) is 12.2 Å². The molecule has 0 saturated heterocycles. The number of halogens is 2. The van der Waals surface area contributed by atoms with Gasteiger partial charge in [-0.05, 0) is 29.8 Å². The summed E-state index contributed by atoms with van der Waals surface area (Å²) < 4.78 is 41.1. The molecule has 3 rings (SSSR count). The van der Waals surface area contributed by atoms with Gasteiger partial charge < -0.3 is 14.2 Å². The highest BCUT2D eigenvalue weighted by atomic mass is 19.3. The lowest BCUT2D eigenvalue weighted by Gasteiger charge is -2.10. The van der Waals surface area contributed by atoms with Gasteiger partial charge in [0.1, 0.15) is 11.4 Å². The number of aromatic nitrogens is 4. The fourth-order valence-electron chi connectivity index (χ4n) is 2.60. The van der Waals surface area contributed by atoms with Gasteiger partial charge in [0.05, 0.1) is 20.8 Å². The van der Waals surface area contributed by atoms with Gasteiger partial charge in [-0.15, -0.1) is 5.10 Å². The Bertz CT molecular complexity index is 959. The Balaban J connectivity index is 1.97. The van der Waals surface area contributed by atoms with Crippen LogP contribution in [0.5, 0.6) is 11.6 Å². The van der Waals surface area contributed by atoms with Gasteiger partial charge in [0, 0.05) is 17.8 Å². The molecule has 0 aliphatic heterocycles. The predicted octanol–water partition coefficient (Wildman–Crippen LogP) is 2.83. The van der Waals surface area contributed by atoms with Crippen LogP contribution in [0.3, 0.4) is 0 Å². The summed E-state index contributed by atoms with van der Waals surface area (Å²) in [4.78, 5) is 16.4. The van der Waals surface area contributed by atoms with E-state index in [9.17, 15) is 13.6 Å². The molecule has 29 heavy (non-hydrogen) atoms. The van der Waals surface area contributed by atoms with Crippen LogP contribution in [0.4, 0.5) is 8.78 Å². The largest absolute Gasteiger partial charge is 0.497 e. The number of hydrogen-bond acceptors (Lipinski definition) is 7. The number of esters is 1. The molecule has 0 bridgehead atoms. The predicted molar refractivity (Wildman–Crippen MR) is 98.2 cm³/mol. The molecule has 152 valence electrons. The number of methoxy groups -OCH3 is 2. The molecule has 0 N–H and O–H groups in total. The van der Waals surface area contributed by atoms with Crippen LogP contribution in [0.2, 0.25) is 0 Å². The molecule has 0 radical (unpaired) electrons. The van der Waals surface area contributed by atoms with Crippen LogP contribution in [0, 0.1) is 0 Å². The van der Waals surface area contributed by atoms with Crippen LogP contribution in [0.15, 0.2) is 42.6 Å². The molecule has 0 unspecified atom stereocenters. The topological polar surface area (TPSA) is 88.4 Å². The molecule has 0 spiro atoms. The summed E-state index contributed by atoms with van der Waals surface area (Å²) >= 11 is 0. The molecule has 0 aliphatic carbocycles. The Labute approximate surface area is 165 Å². The highest BCUT2D eigenvalue weighted by Crippen LogP contribution is 2.26. The van der Waals surface area contributed by atoms with Crippen LogP contribution in [0.1, 0.15) is 16.1 Å². The Morgan fingerprint density at radius 3 is 2.45 bits per heavy atom. The molecule has 0 aliphatic rings. The summed E-state index contributed by atoms with van der Waals surface area (Å²) in [5.74, 6) is 0.100. The van der Waals surface area contributed by atoms with Gasteiger partial charge in [-0.2, -0.15) is 0 Å². The van der Waals surface area contributed by atoms with E-state index in [1.54, 1.807) is 42.6 Å². The van der Waals surface area contributed by atoms with E-state index in [0.29, 0.717) is 22.9 Å². The Morgan fingerprint density at radius 2 is 1.86 bits per heavy atom. The maximum Gasteiger partial charge on any atom is 0.361 e. The number of benzene rings is 1. The monoisotopic (exact) mass is 404 g/mol. The van der Waals surface area contributed by atoms with Crippen molar-refractivity contribution in [1.82, 2.24) is 20.0 Å². The van der Waals surface area contributed by atoms with Crippen molar-refractivity contribution < 1.29 is 27.8 Å². The molecule has 1 aromatic carbocycles. The average Bonchev–Trinajstić information content (AvgIpc) is 3.16. The zero-order valence-corrected chi connectivity index (χ0v) is 15.7. The van der Waals surface area contributed by atoms with Crippen LogP contribution >= 0.6 is 0 Å². The second kappa shape index (κ2) is 9.09. The van der Waals surface area contributed by atoms with Crippen molar-refractivity contribution in [2.75, 3.05) is 20.8 Å². The highest BCUT2D eigenvalue weighted by molar-refractivity contribution is 5.94. The van der Waals surface area contributed by atoms with Gasteiger partial charge in [0.15, 0.2) is 12.3 Å². The van der Waals surface area contributed by atoms with Gasteiger partial charge in [-0.1, -0.05) is 11.3 Å². The van der Waals surface area contributed by atoms with Crippen molar-refractivity contribution >= 4 is 5.97 Å². The minimum atomic E-state index is -2.77. The summed E-state index contributed by atoms with van der Waals surface area (Å²) in [6.07, 6.45) is -1.17. The summed E-state index contributed by atoms with van der Waals surface area (Å²) in [5.41, 5.74) is 1.55. The summed E-state index contributed by atoms with van der Waals surface area (Å²) in [6, 6.07) is 10.3. The molecule has 2 aromatic heterocycles. The molecule has 0 amide bonds. The van der Waals surface area contributed by atoms with E-state index >= 15 is 0 Å². The third-order valence-corrected chi connectivity index (χ3v) is 3.97. The standard InChI is InChI=1S/C19H18F2N4O4/c1-27-14-6-4-13(5-7-14)18-17(19(26)29-11-15(20)21)23-24-25(18)10-12-3-8-16(28-2)22-9-12/h3-9,15H,10-11H2,1-2H3. The third-order valence-electron chi connectivity index (χ3n) is 3.97. The van der Waals surface area contributed by atoms with Crippen LogP contribution < -0.4 is 9.47 Å². The van der Waals surface area contributed by atoms with Crippen molar-refractivity contribution in [3.63, 3.8) is 0 Å². The lowest BCUT2D eigenvalue weighted by Crippen LogP contribution is -2.13. The second-order valence-corrected chi connectivity index (χ2v) is 5.87. The van der Waals surface area contributed by atoms with Gasteiger partial charge in [0.2, 0.25) is 5.88 Å². The van der Waals surface area contributed by atoms with Gasteiger partial charge in [0.25, 0.3) is 6.43 Å². The van der Waals surface area contributed by atoms with Crippen LogP contribution in [0.25, 0.3) is 11.3 Å². The Morgan fingerprint density at radius 1 is 1.10 bits per heavy atom. The molecule has 0 saturated carbocycles. The highest BCUT2D eigenvalue weighted by Gasteiger charge is 2.24. The van der Waals surface area contributed by atoms with Crippen molar-refractivity contribution in [3.05, 3.63) is 53.9 Å². The smallest absolute Gasteiger partial charge is 0.361 e. The molecule has 10 heteroatoms. The van der Waals surface area contributed by atoms with Gasteiger partial charge >= 0.3 is 5.97 Å². The first-order valence-electron chi connectivity index (χ1n) is 8.54. The van der Waals surface area contributed by atoms with E-state index in [1.807, 2.05) is 0 Å². The zero-order valence-electron chi connectivity index (χ0n) is 15.7. The first-order valence-corrected chi connectivity index (χ1v) is 8.54. The minimum Gasteiger partial charge on any atom is -0.497 e. The van der Waals surface area contributed by atoms with E-state index < -0.39 is 19.0 Å². The molecule has 0 fully saturated rings. The molecular formula is C19H18F2N4O4. The molecular weight excluding hydrogens is 386 g/mol. The van der Waals surface area contributed by atoms with E-state index in [2.05, 4.69) is 20.0 Å². The van der Waals surface area contributed by atoms with Gasteiger partial charge in [-0.25, -0.2) is 23.2 Å². The van der Waals surface area contributed by atoms with E-state index in [1.165, 1.54) is 18.9 Å². The molecule has 2 heterocycles. The van der Waals surface area contributed by atoms with Crippen molar-refractivity contribution in [1.29, 1.82) is 0 Å². The fraction of sp³-hybridized carbons (Fsp3) is 0.263. The fourth-order valence-corrected chi connectivity index (χ4v) is 2.60. The number of alkyl halides is 2. The van der Waals surface area contributed by atoms with E-state index in [4.69, 9.17) is 9.47 Å². The van der Waals surface area contributed by atoms with Gasteiger partial charge in [-0.3, -0.25) is 0 Å². The Kier molecular flexibility index (Phi) is 6.32. The summed E-state index contributed by atoms with van der Waals surface area (Å²) in [5, 5.41) is 7.87. The molecule has 3 aromatic rings. The van der Waals surface area contributed by atoms with Crippen molar-refractivity contribution in [3.8, 4) is 22.9 Å². The molecule has 8 nitrogen and oxygen atoms in total. The number of pyridine rings is 1. The lowest BCUT2D eigenvalue weighted by atomic mass is 10.1. The maximum absolute atomic E-state index is 12.4. The quantitative estimate of drug-likeness (QED) is 0.534. The SMILES string of the molecule is COc1ccc(-c2c(C(=O)OCC(F)F)nnn2Cc2ccc(OC)nc2)cc1. The summed E-state index contributed by atoms with van der Waals surface area (Å²) in [6.45, 7) is -0.774. The first-order chi connectivity index (χ1) is 14.0. The van der Waals surface area contributed by atoms with E-state index in [0.717, 1.165) is 5.56 Å². The number of rotatable bonds is 8. The summed E-state index contributed by atoms with van der Waals surface area (Å²) in [7, 11) is 3.04. The minimum absolute atomic E-state index is 0.155. The van der Waals surface area contributed by atoms with Crippen LogP contribution in [-0.4, -0.2) is 53.2 Å². The number of hydrogen-bond donors (Lipinski definition) is 0. The second-order valence-electron chi connectivity index (χ2n) is 5.87. The number of ether oxygens (including phenoxy) is 3. The maximum atomic E-state index is 12.4. The number of carbonyl (C=O) groups excluding carboxylic acids is 1. The number of carbonyl (C=O) groups is 1. The third kappa shape index (κ3) is 4.84. The lowest BCUT2D eigenvalue weighted by molar-refractivity contribution is 0.0155. The van der Waals surface area contributed by atoms with Crippen LogP contribution in [-0.2, 0) is 11.3 Å². The average molecular weight is 404 g/mol. The van der Waals surface area contributed by atoms with Crippen molar-refractivity contribution in [2.45, 2.75) is 13.0 Å². The van der Waals surface area contributed by atoms with Crippen molar-refractivity contribution in [2.24, 2.45) is 0 Å². The number of nitrogens with zero attached hydrogens (tertiary/aromatic N) is 4.